The summed E-state index contributed by atoms with van der Waals surface area (Å²) in [7, 11) is 1.45. The second-order valence-electron chi connectivity index (χ2n) is 8.94. The standard InChI is InChI=1S/C29H52O3/c1-3-4-5-6-7-8-13-16-19-22-25-28(30)26-23-20-17-14-11-9-10-12-15-18-21-24-27-29(31)32-2/h9,11,17,20,23,26,28,30H,3-8,10,12-16,18-19,21-22,24-25,27H2,1-2H3/b11-9+,20-17+,26-23+/t28-/m0/s1. The second kappa shape index (κ2) is 25.9. The first-order valence-corrected chi connectivity index (χ1v) is 13.4. The number of carbonyl (C=O) groups excluding carboxylic acids is 1. The van der Waals surface area contributed by atoms with E-state index < -0.39 is 0 Å². The highest BCUT2D eigenvalue weighted by molar-refractivity contribution is 5.68. The van der Waals surface area contributed by atoms with Crippen LogP contribution >= 0.6 is 0 Å². The Labute approximate surface area is 199 Å². The average Bonchev–Trinajstić information content (AvgIpc) is 2.80. The van der Waals surface area contributed by atoms with Crippen molar-refractivity contribution in [3.63, 3.8) is 0 Å². The Kier molecular flexibility index (Phi) is 24.8. The van der Waals surface area contributed by atoms with Crippen LogP contribution in [0.1, 0.15) is 129 Å². The molecule has 0 aliphatic heterocycles. The van der Waals surface area contributed by atoms with Crippen LogP contribution in [0.2, 0.25) is 0 Å². The molecule has 0 fully saturated rings. The smallest absolute Gasteiger partial charge is 0.305 e. The minimum atomic E-state index is -0.308. The maximum atomic E-state index is 11.0. The van der Waals surface area contributed by atoms with E-state index in [-0.39, 0.29) is 12.1 Å². The summed E-state index contributed by atoms with van der Waals surface area (Å²) in [6, 6.07) is 0. The van der Waals surface area contributed by atoms with Gasteiger partial charge in [0.15, 0.2) is 0 Å². The number of allylic oxidation sites excluding steroid dienone is 5. The molecule has 0 heterocycles. The van der Waals surface area contributed by atoms with Crippen LogP contribution in [-0.4, -0.2) is 24.3 Å². The molecule has 0 aliphatic rings. The van der Waals surface area contributed by atoms with Crippen LogP contribution in [0.5, 0.6) is 0 Å². The van der Waals surface area contributed by atoms with Crippen molar-refractivity contribution in [1.82, 2.24) is 0 Å². The summed E-state index contributed by atoms with van der Waals surface area (Å²) in [5, 5.41) is 10.0. The molecule has 0 aromatic carbocycles. The van der Waals surface area contributed by atoms with Crippen molar-refractivity contribution in [2.45, 2.75) is 135 Å². The maximum absolute atomic E-state index is 11.0. The summed E-state index contributed by atoms with van der Waals surface area (Å²) in [5.74, 6) is -0.0978. The van der Waals surface area contributed by atoms with E-state index in [0.29, 0.717) is 6.42 Å². The van der Waals surface area contributed by atoms with Crippen LogP contribution < -0.4 is 0 Å². The molecule has 0 saturated carbocycles. The lowest BCUT2D eigenvalue weighted by Gasteiger charge is -2.05. The van der Waals surface area contributed by atoms with Gasteiger partial charge in [0.05, 0.1) is 13.2 Å². The van der Waals surface area contributed by atoms with Gasteiger partial charge in [-0.3, -0.25) is 4.79 Å². The normalized spacial score (nSPS) is 13.0. The van der Waals surface area contributed by atoms with E-state index in [1.807, 2.05) is 18.2 Å². The van der Waals surface area contributed by atoms with Crippen molar-refractivity contribution in [3.8, 4) is 0 Å². The third kappa shape index (κ3) is 24.9. The summed E-state index contributed by atoms with van der Waals surface area (Å²) >= 11 is 0. The van der Waals surface area contributed by atoms with Crippen LogP contribution in [0.15, 0.2) is 36.5 Å². The highest BCUT2D eigenvalue weighted by Crippen LogP contribution is 2.12. The lowest BCUT2D eigenvalue weighted by molar-refractivity contribution is -0.140. The number of aliphatic hydroxyl groups is 1. The van der Waals surface area contributed by atoms with Gasteiger partial charge in [0.1, 0.15) is 0 Å². The highest BCUT2D eigenvalue weighted by atomic mass is 16.5. The van der Waals surface area contributed by atoms with Gasteiger partial charge < -0.3 is 9.84 Å². The number of hydrogen-bond acceptors (Lipinski definition) is 3. The van der Waals surface area contributed by atoms with E-state index in [1.54, 1.807) is 0 Å². The molecule has 0 bridgehead atoms. The Morgan fingerprint density at radius 2 is 1.34 bits per heavy atom. The number of aliphatic hydroxyl groups excluding tert-OH is 1. The molecule has 0 aromatic heterocycles. The first-order chi connectivity index (χ1) is 15.7. The number of rotatable bonds is 23. The monoisotopic (exact) mass is 448 g/mol. The van der Waals surface area contributed by atoms with Gasteiger partial charge in [-0.25, -0.2) is 0 Å². The van der Waals surface area contributed by atoms with Gasteiger partial charge in [-0.15, -0.1) is 0 Å². The number of methoxy groups -OCH3 is 1. The van der Waals surface area contributed by atoms with Crippen molar-refractivity contribution in [2.24, 2.45) is 0 Å². The third-order valence-electron chi connectivity index (χ3n) is 5.85. The van der Waals surface area contributed by atoms with E-state index in [9.17, 15) is 9.90 Å². The Bertz CT molecular complexity index is 479. The first-order valence-electron chi connectivity index (χ1n) is 13.4. The zero-order chi connectivity index (χ0) is 23.5. The van der Waals surface area contributed by atoms with Gasteiger partial charge in [-0.05, 0) is 32.1 Å². The van der Waals surface area contributed by atoms with E-state index in [4.69, 9.17) is 0 Å². The van der Waals surface area contributed by atoms with Crippen molar-refractivity contribution in [2.75, 3.05) is 7.11 Å². The van der Waals surface area contributed by atoms with Gasteiger partial charge in [0.25, 0.3) is 0 Å². The van der Waals surface area contributed by atoms with Gasteiger partial charge in [0, 0.05) is 6.42 Å². The second-order valence-corrected chi connectivity index (χ2v) is 8.94. The average molecular weight is 449 g/mol. The zero-order valence-corrected chi connectivity index (χ0v) is 21.2. The van der Waals surface area contributed by atoms with Crippen LogP contribution in [0.4, 0.5) is 0 Å². The summed E-state index contributed by atoms with van der Waals surface area (Å²) in [4.78, 5) is 11.0. The van der Waals surface area contributed by atoms with Crippen LogP contribution in [0.25, 0.3) is 0 Å². The predicted octanol–water partition coefficient (Wildman–Crippen LogP) is 8.62. The quantitative estimate of drug-likeness (QED) is 0.0736. The summed E-state index contributed by atoms with van der Waals surface area (Å²) in [6.45, 7) is 2.27. The van der Waals surface area contributed by atoms with E-state index in [1.165, 1.54) is 84.2 Å². The molecule has 3 nitrogen and oxygen atoms in total. The lowest BCUT2D eigenvalue weighted by atomic mass is 10.0. The fourth-order valence-electron chi connectivity index (χ4n) is 3.74. The van der Waals surface area contributed by atoms with E-state index >= 15 is 0 Å². The van der Waals surface area contributed by atoms with Crippen molar-refractivity contribution < 1.29 is 14.6 Å². The molecule has 1 atom stereocenters. The number of unbranched alkanes of at least 4 members (excludes halogenated alkanes) is 14. The fourth-order valence-corrected chi connectivity index (χ4v) is 3.74. The Morgan fingerprint density at radius 1 is 0.750 bits per heavy atom. The molecule has 0 saturated heterocycles. The number of hydrogen-bond donors (Lipinski definition) is 1. The van der Waals surface area contributed by atoms with Gasteiger partial charge in [0.2, 0.25) is 0 Å². The molecular weight excluding hydrogens is 396 g/mol. The predicted molar refractivity (Wildman–Crippen MR) is 139 cm³/mol. The summed E-state index contributed by atoms with van der Waals surface area (Å²) in [6.07, 6.45) is 34.7. The molecule has 0 rings (SSSR count). The summed E-state index contributed by atoms with van der Waals surface area (Å²) in [5.41, 5.74) is 0. The molecule has 0 radical (unpaired) electrons. The summed E-state index contributed by atoms with van der Waals surface area (Å²) < 4.78 is 4.64. The minimum Gasteiger partial charge on any atom is -0.469 e. The largest absolute Gasteiger partial charge is 0.469 e. The Hall–Kier alpha value is -1.35. The van der Waals surface area contributed by atoms with Crippen molar-refractivity contribution in [3.05, 3.63) is 36.5 Å². The molecule has 3 heteroatoms. The van der Waals surface area contributed by atoms with E-state index in [2.05, 4.69) is 29.9 Å². The van der Waals surface area contributed by atoms with Gasteiger partial charge in [-0.1, -0.05) is 127 Å². The first kappa shape index (κ1) is 30.6. The van der Waals surface area contributed by atoms with Gasteiger partial charge in [-0.2, -0.15) is 0 Å². The van der Waals surface area contributed by atoms with Crippen LogP contribution in [0, 0.1) is 0 Å². The molecule has 0 aliphatic carbocycles. The highest BCUT2D eigenvalue weighted by Gasteiger charge is 1.99. The third-order valence-corrected chi connectivity index (χ3v) is 5.85. The number of esters is 1. The van der Waals surface area contributed by atoms with Gasteiger partial charge >= 0.3 is 5.97 Å². The molecule has 32 heavy (non-hydrogen) atoms. The molecule has 0 aromatic rings. The Balaban J connectivity index is 3.43. The van der Waals surface area contributed by atoms with Crippen molar-refractivity contribution in [1.29, 1.82) is 0 Å². The molecular formula is C29H52O3. The molecule has 0 unspecified atom stereocenters. The molecule has 0 spiro atoms. The molecule has 186 valence electrons. The van der Waals surface area contributed by atoms with E-state index in [0.717, 1.165) is 38.5 Å². The molecule has 1 N–H and O–H groups in total. The Morgan fingerprint density at radius 3 is 2.00 bits per heavy atom. The van der Waals surface area contributed by atoms with Crippen LogP contribution in [-0.2, 0) is 9.53 Å². The van der Waals surface area contributed by atoms with Crippen LogP contribution in [0.3, 0.4) is 0 Å². The zero-order valence-electron chi connectivity index (χ0n) is 21.2. The number of ether oxygens (including phenoxy) is 1. The number of carbonyl (C=O) groups is 1. The van der Waals surface area contributed by atoms with Crippen molar-refractivity contribution >= 4 is 5.97 Å². The topological polar surface area (TPSA) is 46.5 Å². The molecule has 0 amide bonds. The minimum absolute atomic E-state index is 0.0978. The lowest BCUT2D eigenvalue weighted by Crippen LogP contribution is -2.01. The maximum Gasteiger partial charge on any atom is 0.305 e. The SMILES string of the molecule is CCCCCCCCCCCC[C@H](O)/C=C/C=C/C/C=C/CCCCCCCC(=O)OC. The fraction of sp³-hybridized carbons (Fsp3) is 0.759.